The van der Waals surface area contributed by atoms with Crippen molar-refractivity contribution in [3.63, 3.8) is 0 Å². The van der Waals surface area contributed by atoms with Crippen LogP contribution < -0.4 is 0 Å². The molecule has 2 heteroatoms. The van der Waals surface area contributed by atoms with Crippen LogP contribution in [0.1, 0.15) is 138 Å². The number of unbranched alkanes of at least 4 members (excludes halogenated alkanes) is 14. The predicted octanol–water partition coefficient (Wildman–Crippen LogP) is 8.71. The summed E-state index contributed by atoms with van der Waals surface area (Å²) in [5, 5.41) is 0. The Balaban J connectivity index is 1.93. The van der Waals surface area contributed by atoms with Gasteiger partial charge >= 0.3 is 0 Å². The molecule has 0 aliphatic carbocycles. The van der Waals surface area contributed by atoms with Crippen LogP contribution >= 0.6 is 0 Å². The molecule has 0 bridgehead atoms. The number of Topliss-reactive ketones (excluding diaryl/α,β-unsaturated/α-hetero) is 2. The number of aryl methyl sites for hydroxylation is 2. The summed E-state index contributed by atoms with van der Waals surface area (Å²) in [6, 6.07) is 5.81. The number of ketones is 2. The van der Waals surface area contributed by atoms with Gasteiger partial charge in [0, 0.05) is 12.0 Å². The van der Waals surface area contributed by atoms with E-state index in [0.29, 0.717) is 12.0 Å². The average molecular weight is 415 g/mol. The second-order valence-corrected chi connectivity index (χ2v) is 9.16. The molecule has 1 aromatic carbocycles. The quantitative estimate of drug-likeness (QED) is 0.129. The third-order valence-corrected chi connectivity index (χ3v) is 6.10. The molecule has 0 N–H and O–H groups in total. The van der Waals surface area contributed by atoms with Crippen molar-refractivity contribution in [3.05, 3.63) is 34.9 Å². The van der Waals surface area contributed by atoms with Crippen molar-refractivity contribution in [2.24, 2.45) is 0 Å². The number of carbonyl (C=O) groups is 2. The molecule has 0 unspecified atom stereocenters. The van der Waals surface area contributed by atoms with Crippen LogP contribution in [0.2, 0.25) is 0 Å². The van der Waals surface area contributed by atoms with Gasteiger partial charge in [0.1, 0.15) is 5.78 Å². The Labute approximate surface area is 186 Å². The average Bonchev–Trinajstić information content (AvgIpc) is 2.70. The highest BCUT2D eigenvalue weighted by Gasteiger charge is 2.13. The van der Waals surface area contributed by atoms with Crippen LogP contribution in [0.5, 0.6) is 0 Å². The van der Waals surface area contributed by atoms with Crippen molar-refractivity contribution in [1.29, 1.82) is 0 Å². The van der Waals surface area contributed by atoms with Crippen LogP contribution in [0.15, 0.2) is 18.2 Å². The van der Waals surface area contributed by atoms with Gasteiger partial charge in [0.05, 0.1) is 6.42 Å². The Morgan fingerprint density at radius 3 is 1.60 bits per heavy atom. The molecule has 2 nitrogen and oxygen atoms in total. The molecule has 0 fully saturated rings. The lowest BCUT2D eigenvalue weighted by atomic mass is 9.97. The highest BCUT2D eigenvalue weighted by atomic mass is 16.1. The maximum atomic E-state index is 12.3. The largest absolute Gasteiger partial charge is 0.299 e. The predicted molar refractivity (Wildman–Crippen MR) is 129 cm³/mol. The fourth-order valence-corrected chi connectivity index (χ4v) is 4.18. The molecule has 0 saturated carbocycles. The van der Waals surface area contributed by atoms with E-state index in [1.807, 2.05) is 32.0 Å². The Kier molecular flexibility index (Phi) is 15.3. The molecule has 0 spiro atoms. The molecule has 0 aromatic heterocycles. The highest BCUT2D eigenvalue weighted by Crippen LogP contribution is 2.16. The first kappa shape index (κ1) is 26.6. The summed E-state index contributed by atoms with van der Waals surface area (Å²) in [6.07, 6.45) is 20.5. The number of hydrogen-bond donors (Lipinski definition) is 0. The molecule has 30 heavy (non-hydrogen) atoms. The second-order valence-electron chi connectivity index (χ2n) is 9.16. The van der Waals surface area contributed by atoms with Crippen LogP contribution in [0.25, 0.3) is 0 Å². The third-order valence-electron chi connectivity index (χ3n) is 6.10. The fraction of sp³-hybridized carbons (Fsp3) is 0.714. The molecule has 0 saturated heterocycles. The SMILES string of the molecule is CCCCCCCCCCCCCCCCCC(=O)CC(=O)c1ccc(C)cc1C. The number of rotatable bonds is 19. The number of hydrogen-bond acceptors (Lipinski definition) is 2. The topological polar surface area (TPSA) is 34.1 Å². The lowest BCUT2D eigenvalue weighted by Gasteiger charge is -2.06. The Bertz CT molecular complexity index is 603. The molecular weight excluding hydrogens is 368 g/mol. The first-order valence-electron chi connectivity index (χ1n) is 12.7. The summed E-state index contributed by atoms with van der Waals surface area (Å²) in [5.74, 6) is 0.0631. The minimum Gasteiger partial charge on any atom is -0.299 e. The van der Waals surface area contributed by atoms with Gasteiger partial charge in [-0.15, -0.1) is 0 Å². The monoisotopic (exact) mass is 414 g/mol. The van der Waals surface area contributed by atoms with Gasteiger partial charge in [-0.05, 0) is 25.8 Å². The van der Waals surface area contributed by atoms with Crippen LogP contribution in [-0.4, -0.2) is 11.6 Å². The summed E-state index contributed by atoms with van der Waals surface area (Å²) >= 11 is 0. The summed E-state index contributed by atoms with van der Waals surface area (Å²) in [7, 11) is 0. The van der Waals surface area contributed by atoms with E-state index in [-0.39, 0.29) is 18.0 Å². The summed E-state index contributed by atoms with van der Waals surface area (Å²) in [4.78, 5) is 24.4. The maximum absolute atomic E-state index is 12.3. The minimum absolute atomic E-state index is 0.0292. The molecule has 0 radical (unpaired) electrons. The van der Waals surface area contributed by atoms with E-state index in [1.54, 1.807) is 0 Å². The van der Waals surface area contributed by atoms with Crippen LogP contribution in [-0.2, 0) is 4.79 Å². The van der Waals surface area contributed by atoms with Gasteiger partial charge in [0.2, 0.25) is 0 Å². The molecular formula is C28H46O2. The van der Waals surface area contributed by atoms with Crippen molar-refractivity contribution in [2.45, 2.75) is 130 Å². The zero-order chi connectivity index (χ0) is 22.0. The molecule has 0 aliphatic rings. The van der Waals surface area contributed by atoms with Gasteiger partial charge in [-0.25, -0.2) is 0 Å². The van der Waals surface area contributed by atoms with Crippen LogP contribution in [0, 0.1) is 13.8 Å². The first-order chi connectivity index (χ1) is 14.5. The van der Waals surface area contributed by atoms with Gasteiger partial charge in [-0.3, -0.25) is 9.59 Å². The van der Waals surface area contributed by atoms with Crippen LogP contribution in [0.3, 0.4) is 0 Å². The highest BCUT2D eigenvalue weighted by molar-refractivity contribution is 6.08. The number of carbonyl (C=O) groups excluding carboxylic acids is 2. The van der Waals surface area contributed by atoms with Gasteiger partial charge in [-0.1, -0.05) is 121 Å². The normalized spacial score (nSPS) is 11.0. The van der Waals surface area contributed by atoms with E-state index < -0.39 is 0 Å². The fourth-order valence-electron chi connectivity index (χ4n) is 4.18. The lowest BCUT2D eigenvalue weighted by molar-refractivity contribution is -0.118. The van der Waals surface area contributed by atoms with E-state index in [2.05, 4.69) is 6.92 Å². The molecule has 1 aromatic rings. The van der Waals surface area contributed by atoms with Gasteiger partial charge in [0.25, 0.3) is 0 Å². The summed E-state index contributed by atoms with van der Waals surface area (Å²) in [6.45, 7) is 6.23. The van der Waals surface area contributed by atoms with E-state index in [1.165, 1.54) is 83.5 Å². The molecule has 0 heterocycles. The van der Waals surface area contributed by atoms with E-state index >= 15 is 0 Å². The zero-order valence-electron chi connectivity index (χ0n) is 20.1. The van der Waals surface area contributed by atoms with Crippen molar-refractivity contribution in [1.82, 2.24) is 0 Å². The number of benzene rings is 1. The van der Waals surface area contributed by atoms with Gasteiger partial charge in [0.15, 0.2) is 5.78 Å². The van der Waals surface area contributed by atoms with Crippen molar-refractivity contribution >= 4 is 11.6 Å². The zero-order valence-corrected chi connectivity index (χ0v) is 20.1. The Morgan fingerprint density at radius 1 is 0.667 bits per heavy atom. The molecule has 1 rings (SSSR count). The van der Waals surface area contributed by atoms with E-state index in [4.69, 9.17) is 0 Å². The third kappa shape index (κ3) is 13.0. The summed E-state index contributed by atoms with van der Waals surface area (Å²) < 4.78 is 0. The molecule has 0 atom stereocenters. The summed E-state index contributed by atoms with van der Waals surface area (Å²) in [5.41, 5.74) is 2.82. The van der Waals surface area contributed by atoms with Crippen molar-refractivity contribution in [3.8, 4) is 0 Å². The van der Waals surface area contributed by atoms with Gasteiger partial charge < -0.3 is 0 Å². The van der Waals surface area contributed by atoms with E-state index in [0.717, 1.165) is 24.0 Å². The Hall–Kier alpha value is -1.44. The Morgan fingerprint density at radius 2 is 1.13 bits per heavy atom. The molecule has 170 valence electrons. The van der Waals surface area contributed by atoms with Crippen molar-refractivity contribution in [2.75, 3.05) is 0 Å². The van der Waals surface area contributed by atoms with E-state index in [9.17, 15) is 9.59 Å². The second kappa shape index (κ2) is 17.3. The van der Waals surface area contributed by atoms with Gasteiger partial charge in [-0.2, -0.15) is 0 Å². The molecule has 0 amide bonds. The van der Waals surface area contributed by atoms with Crippen molar-refractivity contribution < 1.29 is 9.59 Å². The molecule has 0 aliphatic heterocycles. The minimum atomic E-state index is -0.0292. The standard InChI is InChI=1S/C28H46O2/c1-4-5-6-7-8-9-10-11-12-13-14-15-16-17-18-19-26(29)23-28(30)27-21-20-24(2)22-25(27)3/h20-22H,4-19,23H2,1-3H3. The lowest BCUT2D eigenvalue weighted by Crippen LogP contribution is -2.09. The smallest absolute Gasteiger partial charge is 0.170 e. The first-order valence-corrected chi connectivity index (χ1v) is 12.7. The maximum Gasteiger partial charge on any atom is 0.170 e. The van der Waals surface area contributed by atoms with Crippen LogP contribution in [0.4, 0.5) is 0 Å².